The summed E-state index contributed by atoms with van der Waals surface area (Å²) in [5.74, 6) is -0.541. The lowest BCUT2D eigenvalue weighted by molar-refractivity contribution is -0.145. The third-order valence-electron chi connectivity index (χ3n) is 4.55. The highest BCUT2D eigenvalue weighted by Gasteiger charge is 2.40. The summed E-state index contributed by atoms with van der Waals surface area (Å²) >= 11 is 10.3. The van der Waals surface area contributed by atoms with Crippen molar-refractivity contribution in [1.29, 1.82) is 0 Å². The fraction of sp³-hybridized carbons (Fsp3) is 0.350. The Balaban J connectivity index is 2.15. The topological polar surface area (TPSA) is 50.4 Å². The molecule has 2 aromatic rings. The van der Waals surface area contributed by atoms with E-state index in [9.17, 15) is 9.90 Å². The second kappa shape index (κ2) is 9.38. The van der Waals surface area contributed by atoms with E-state index in [0.717, 1.165) is 20.3 Å². The monoisotopic (exact) mass is 546 g/mol. The van der Waals surface area contributed by atoms with E-state index in [1.807, 2.05) is 56.3 Å². The number of furan rings is 1. The quantitative estimate of drug-likeness (QED) is 0.381. The molecule has 1 heterocycles. The molecule has 0 radical (unpaired) electrons. The summed E-state index contributed by atoms with van der Waals surface area (Å²) < 4.78 is 6.44. The number of aliphatic carboxylic acids is 1. The van der Waals surface area contributed by atoms with Crippen LogP contribution in [0.1, 0.15) is 30.7 Å². The standard InChI is InChI=1S/C20H21Br3O3/c1-20(2,17(21)11-18(22)23)16(19(24)25)10-14-9-15(26-12-14)8-13-6-4-3-5-7-13/h3-7,9,11-12,16-17H,8,10H2,1-2H3,(H,24,25). The molecule has 0 aliphatic carbocycles. The number of carboxylic acids is 1. The number of alkyl halides is 1. The van der Waals surface area contributed by atoms with Gasteiger partial charge in [0.15, 0.2) is 0 Å². The highest BCUT2D eigenvalue weighted by atomic mass is 79.9. The molecule has 3 nitrogen and oxygen atoms in total. The first-order chi connectivity index (χ1) is 12.2. The van der Waals surface area contributed by atoms with Gasteiger partial charge in [0.2, 0.25) is 0 Å². The van der Waals surface area contributed by atoms with Crippen molar-refractivity contribution < 1.29 is 14.3 Å². The molecule has 140 valence electrons. The molecule has 1 aromatic heterocycles. The van der Waals surface area contributed by atoms with Gasteiger partial charge in [0.25, 0.3) is 0 Å². The number of carboxylic acid groups (broad SMARTS) is 1. The normalized spacial score (nSPS) is 13.9. The average molecular weight is 549 g/mol. The van der Waals surface area contributed by atoms with Crippen LogP contribution in [0.4, 0.5) is 0 Å². The van der Waals surface area contributed by atoms with E-state index >= 15 is 0 Å². The van der Waals surface area contributed by atoms with Crippen LogP contribution in [0.3, 0.4) is 0 Å². The van der Waals surface area contributed by atoms with Gasteiger partial charge in [-0.3, -0.25) is 4.79 Å². The van der Waals surface area contributed by atoms with Gasteiger partial charge in [0, 0.05) is 11.2 Å². The van der Waals surface area contributed by atoms with Gasteiger partial charge in [-0.25, -0.2) is 0 Å². The van der Waals surface area contributed by atoms with Gasteiger partial charge in [0.05, 0.1) is 15.6 Å². The zero-order valence-electron chi connectivity index (χ0n) is 14.6. The summed E-state index contributed by atoms with van der Waals surface area (Å²) in [6.45, 7) is 3.91. The Hall–Kier alpha value is -0.850. The number of hydrogen-bond acceptors (Lipinski definition) is 2. The van der Waals surface area contributed by atoms with E-state index in [1.165, 1.54) is 0 Å². The van der Waals surface area contributed by atoms with Crippen molar-refractivity contribution in [3.8, 4) is 0 Å². The van der Waals surface area contributed by atoms with Gasteiger partial charge < -0.3 is 9.52 Å². The minimum Gasteiger partial charge on any atom is -0.481 e. The van der Waals surface area contributed by atoms with E-state index < -0.39 is 17.3 Å². The molecule has 2 rings (SSSR count). The maximum Gasteiger partial charge on any atom is 0.307 e. The van der Waals surface area contributed by atoms with Gasteiger partial charge in [-0.15, -0.1) is 0 Å². The molecular weight excluding hydrogens is 528 g/mol. The van der Waals surface area contributed by atoms with Crippen LogP contribution in [0.2, 0.25) is 0 Å². The van der Waals surface area contributed by atoms with E-state index in [0.29, 0.717) is 12.8 Å². The number of rotatable bonds is 8. The van der Waals surface area contributed by atoms with E-state index in [-0.39, 0.29) is 4.83 Å². The lowest BCUT2D eigenvalue weighted by Crippen LogP contribution is -2.38. The zero-order valence-corrected chi connectivity index (χ0v) is 19.3. The Morgan fingerprint density at radius 3 is 2.46 bits per heavy atom. The maximum atomic E-state index is 11.9. The van der Waals surface area contributed by atoms with E-state index in [1.54, 1.807) is 6.26 Å². The lowest BCUT2D eigenvalue weighted by Gasteiger charge is -2.34. The predicted molar refractivity (Wildman–Crippen MR) is 115 cm³/mol. The second-order valence-electron chi connectivity index (χ2n) is 6.86. The molecule has 1 N–H and O–H groups in total. The van der Waals surface area contributed by atoms with Crippen LogP contribution < -0.4 is 0 Å². The van der Waals surface area contributed by atoms with Gasteiger partial charge >= 0.3 is 5.97 Å². The lowest BCUT2D eigenvalue weighted by atomic mass is 9.73. The van der Waals surface area contributed by atoms with Crippen LogP contribution in [-0.4, -0.2) is 15.9 Å². The summed E-state index contributed by atoms with van der Waals surface area (Å²) in [7, 11) is 0. The first kappa shape index (κ1) is 21.5. The summed E-state index contributed by atoms with van der Waals surface area (Å²) in [5, 5.41) is 9.80. The molecule has 26 heavy (non-hydrogen) atoms. The van der Waals surface area contributed by atoms with Crippen LogP contribution in [0, 0.1) is 11.3 Å². The van der Waals surface area contributed by atoms with Crippen LogP contribution in [0.5, 0.6) is 0 Å². The van der Waals surface area contributed by atoms with Crippen molar-refractivity contribution in [2.75, 3.05) is 0 Å². The van der Waals surface area contributed by atoms with E-state index in [2.05, 4.69) is 47.8 Å². The maximum absolute atomic E-state index is 11.9. The summed E-state index contributed by atoms with van der Waals surface area (Å²) in [4.78, 5) is 11.8. The van der Waals surface area contributed by atoms with Crippen molar-refractivity contribution >= 4 is 53.8 Å². The fourth-order valence-corrected chi connectivity index (χ4v) is 4.67. The van der Waals surface area contributed by atoms with Gasteiger partial charge in [-0.1, -0.05) is 60.1 Å². The van der Waals surface area contributed by atoms with Crippen LogP contribution in [-0.2, 0) is 17.6 Å². The molecule has 0 fully saturated rings. The van der Waals surface area contributed by atoms with Crippen molar-refractivity contribution in [2.45, 2.75) is 31.5 Å². The highest BCUT2D eigenvalue weighted by Crippen LogP contribution is 2.40. The van der Waals surface area contributed by atoms with Crippen molar-refractivity contribution in [2.24, 2.45) is 11.3 Å². The Morgan fingerprint density at radius 1 is 1.23 bits per heavy atom. The van der Waals surface area contributed by atoms with Crippen LogP contribution in [0.25, 0.3) is 0 Å². The molecule has 2 atom stereocenters. The number of benzene rings is 1. The molecule has 6 heteroatoms. The Labute approximate surface area is 179 Å². The molecule has 0 aliphatic heterocycles. The molecule has 2 unspecified atom stereocenters. The number of halogens is 3. The number of carbonyl (C=O) groups is 1. The Bertz CT molecular complexity index is 762. The zero-order chi connectivity index (χ0) is 19.3. The summed E-state index contributed by atoms with van der Waals surface area (Å²) in [5.41, 5.74) is 1.56. The Kier molecular flexibility index (Phi) is 7.74. The van der Waals surface area contributed by atoms with Gasteiger partial charge in [-0.05, 0) is 67.0 Å². The average Bonchev–Trinajstić information content (AvgIpc) is 2.99. The first-order valence-electron chi connectivity index (χ1n) is 8.20. The van der Waals surface area contributed by atoms with Crippen LogP contribution in [0.15, 0.2) is 56.5 Å². The molecule has 0 saturated heterocycles. The van der Waals surface area contributed by atoms with Crippen molar-refractivity contribution in [1.82, 2.24) is 0 Å². The molecule has 1 aromatic carbocycles. The molecule has 0 bridgehead atoms. The molecular formula is C20H21Br3O3. The first-order valence-corrected chi connectivity index (χ1v) is 10.7. The minimum absolute atomic E-state index is 0.111. The van der Waals surface area contributed by atoms with Crippen molar-refractivity contribution in [3.05, 3.63) is 69.0 Å². The molecule has 0 saturated carbocycles. The second-order valence-corrected chi connectivity index (χ2v) is 10.6. The third-order valence-corrected chi connectivity index (χ3v) is 6.52. The molecule has 0 amide bonds. The Morgan fingerprint density at radius 2 is 1.88 bits per heavy atom. The summed E-state index contributed by atoms with van der Waals surface area (Å²) in [6.07, 6.45) is 4.69. The summed E-state index contributed by atoms with van der Waals surface area (Å²) in [6, 6.07) is 12.0. The smallest absolute Gasteiger partial charge is 0.307 e. The minimum atomic E-state index is -0.815. The largest absolute Gasteiger partial charge is 0.481 e. The number of hydrogen-bond donors (Lipinski definition) is 1. The molecule has 0 aliphatic rings. The van der Waals surface area contributed by atoms with E-state index in [4.69, 9.17) is 4.42 Å². The van der Waals surface area contributed by atoms with Gasteiger partial charge in [-0.2, -0.15) is 0 Å². The number of allylic oxidation sites excluding steroid dienone is 1. The highest BCUT2D eigenvalue weighted by molar-refractivity contribution is 9.28. The fourth-order valence-electron chi connectivity index (χ4n) is 2.84. The third kappa shape index (κ3) is 5.83. The predicted octanol–water partition coefficient (Wildman–Crippen LogP) is 6.53. The van der Waals surface area contributed by atoms with Gasteiger partial charge in [0.1, 0.15) is 5.76 Å². The van der Waals surface area contributed by atoms with Crippen LogP contribution >= 0.6 is 47.8 Å². The molecule has 0 spiro atoms. The SMILES string of the molecule is CC(C)(C(Br)C=C(Br)Br)C(Cc1coc(Cc2ccccc2)c1)C(=O)O. The van der Waals surface area contributed by atoms with Crippen molar-refractivity contribution in [3.63, 3.8) is 0 Å².